The van der Waals surface area contributed by atoms with Crippen LogP contribution in [0, 0.1) is 12.8 Å². The summed E-state index contributed by atoms with van der Waals surface area (Å²) >= 11 is 0. The van der Waals surface area contributed by atoms with Crippen molar-refractivity contribution in [2.45, 2.75) is 25.9 Å². The number of nitrogens with zero attached hydrogens (tertiary/aromatic N) is 3. The number of pyridine rings is 1. The topological polar surface area (TPSA) is 78.3 Å². The van der Waals surface area contributed by atoms with Crippen molar-refractivity contribution in [1.29, 1.82) is 0 Å². The molecule has 202 valence electrons. The van der Waals surface area contributed by atoms with E-state index in [-0.39, 0.29) is 12.0 Å². The van der Waals surface area contributed by atoms with Gasteiger partial charge in [0.1, 0.15) is 5.75 Å². The summed E-state index contributed by atoms with van der Waals surface area (Å²) in [6.45, 7) is 3.99. The van der Waals surface area contributed by atoms with Gasteiger partial charge in [0.2, 0.25) is 5.91 Å². The molecular formula is C29H27F3N4O3. The van der Waals surface area contributed by atoms with E-state index in [0.717, 1.165) is 47.5 Å². The molecule has 39 heavy (non-hydrogen) atoms. The van der Waals surface area contributed by atoms with E-state index >= 15 is 0 Å². The smallest absolute Gasteiger partial charge is 0.416 e. The number of amides is 1. The summed E-state index contributed by atoms with van der Waals surface area (Å²) in [5, 5.41) is 7.27. The van der Waals surface area contributed by atoms with Gasteiger partial charge in [0.25, 0.3) is 0 Å². The molecule has 1 aliphatic rings. The van der Waals surface area contributed by atoms with Gasteiger partial charge in [-0.1, -0.05) is 24.3 Å². The molecule has 1 saturated heterocycles. The third-order valence-electron chi connectivity index (χ3n) is 6.50. The molecule has 1 amide bonds. The fraction of sp³-hybridized carbons (Fsp3) is 0.276. The highest BCUT2D eigenvalue weighted by atomic mass is 19.4. The summed E-state index contributed by atoms with van der Waals surface area (Å²) in [4.78, 5) is 16.9. The van der Waals surface area contributed by atoms with E-state index in [0.29, 0.717) is 30.6 Å². The molecule has 1 atom stereocenters. The van der Waals surface area contributed by atoms with Gasteiger partial charge in [-0.25, -0.2) is 4.68 Å². The molecule has 1 aliphatic heterocycles. The lowest BCUT2D eigenvalue weighted by molar-refractivity contribution is -0.137. The Balaban J connectivity index is 1.27. The molecule has 0 saturated carbocycles. The van der Waals surface area contributed by atoms with Gasteiger partial charge in [-0.2, -0.15) is 18.3 Å². The molecule has 0 aliphatic carbocycles. The Kier molecular flexibility index (Phi) is 7.65. The second-order valence-corrected chi connectivity index (χ2v) is 9.55. The molecule has 1 unspecified atom stereocenters. The molecule has 0 spiro atoms. The molecular weight excluding hydrogens is 509 g/mol. The second-order valence-electron chi connectivity index (χ2n) is 9.55. The standard InChI is InChI=1S/C29H27F3N4O3/c1-19-5-6-25(35-28(37)10-20-3-2-4-24(9-20)29(30,31)32)12-27(19)36-16-23(14-34-36)22-11-26(15-33-13-22)39-18-21-7-8-38-17-21/h2-6,9,11-16,21H,7-8,10,17-18H2,1H3,(H,35,37). The van der Waals surface area contributed by atoms with E-state index in [1.165, 1.54) is 12.1 Å². The van der Waals surface area contributed by atoms with Crippen LogP contribution < -0.4 is 10.1 Å². The van der Waals surface area contributed by atoms with Crippen molar-refractivity contribution in [2.75, 3.05) is 25.1 Å². The molecule has 4 aromatic rings. The number of nitrogens with one attached hydrogen (secondary N) is 1. The number of aromatic nitrogens is 3. The number of benzene rings is 2. The van der Waals surface area contributed by atoms with E-state index in [1.807, 2.05) is 25.3 Å². The van der Waals surface area contributed by atoms with Gasteiger partial charge in [0.05, 0.1) is 43.3 Å². The third kappa shape index (κ3) is 6.64. The van der Waals surface area contributed by atoms with Crippen molar-refractivity contribution >= 4 is 11.6 Å². The monoisotopic (exact) mass is 536 g/mol. The maximum atomic E-state index is 13.0. The maximum absolute atomic E-state index is 13.0. The normalized spacial score (nSPS) is 15.3. The SMILES string of the molecule is Cc1ccc(NC(=O)Cc2cccc(C(F)(F)F)c2)cc1-n1cc(-c2cncc(OCC3CCOC3)c2)cn1. The van der Waals surface area contributed by atoms with Gasteiger partial charge >= 0.3 is 6.18 Å². The molecule has 0 radical (unpaired) electrons. The summed E-state index contributed by atoms with van der Waals surface area (Å²) in [6.07, 6.45) is 3.36. The minimum Gasteiger partial charge on any atom is -0.492 e. The van der Waals surface area contributed by atoms with Crippen LogP contribution in [0.4, 0.5) is 18.9 Å². The van der Waals surface area contributed by atoms with Crippen molar-refractivity contribution in [1.82, 2.24) is 14.8 Å². The van der Waals surface area contributed by atoms with Crippen LogP contribution in [0.2, 0.25) is 0 Å². The van der Waals surface area contributed by atoms with Gasteiger partial charge in [-0.3, -0.25) is 9.78 Å². The average Bonchev–Trinajstić information content (AvgIpc) is 3.61. The predicted molar refractivity (Wildman–Crippen MR) is 140 cm³/mol. The third-order valence-corrected chi connectivity index (χ3v) is 6.50. The summed E-state index contributed by atoms with van der Waals surface area (Å²) in [5.41, 5.74) is 3.38. The van der Waals surface area contributed by atoms with E-state index in [4.69, 9.17) is 9.47 Å². The molecule has 5 rings (SSSR count). The van der Waals surface area contributed by atoms with E-state index in [1.54, 1.807) is 35.4 Å². The van der Waals surface area contributed by atoms with Crippen LogP contribution in [0.25, 0.3) is 16.8 Å². The number of carbonyl (C=O) groups excluding carboxylic acids is 1. The number of anilines is 1. The molecule has 2 aromatic heterocycles. The zero-order chi connectivity index (χ0) is 27.4. The number of hydrogen-bond donors (Lipinski definition) is 1. The highest BCUT2D eigenvalue weighted by molar-refractivity contribution is 5.92. The first-order valence-electron chi connectivity index (χ1n) is 12.5. The van der Waals surface area contributed by atoms with E-state index < -0.39 is 17.6 Å². The van der Waals surface area contributed by atoms with Gasteiger partial charge in [-0.05, 0) is 48.7 Å². The van der Waals surface area contributed by atoms with Crippen LogP contribution in [0.15, 0.2) is 73.3 Å². The Bertz CT molecular complexity index is 1460. The molecule has 7 nitrogen and oxygen atoms in total. The fourth-order valence-electron chi connectivity index (χ4n) is 4.37. The van der Waals surface area contributed by atoms with Crippen LogP contribution >= 0.6 is 0 Å². The van der Waals surface area contributed by atoms with E-state index in [9.17, 15) is 18.0 Å². The largest absolute Gasteiger partial charge is 0.492 e. The summed E-state index contributed by atoms with van der Waals surface area (Å²) in [5.74, 6) is 0.642. The number of halogens is 3. The number of aryl methyl sites for hydroxylation is 1. The van der Waals surface area contributed by atoms with Crippen LogP contribution in [-0.2, 0) is 22.1 Å². The zero-order valence-corrected chi connectivity index (χ0v) is 21.2. The first-order chi connectivity index (χ1) is 18.7. The van der Waals surface area contributed by atoms with Gasteiger partial charge in [0.15, 0.2) is 0 Å². The highest BCUT2D eigenvalue weighted by Crippen LogP contribution is 2.30. The minimum absolute atomic E-state index is 0.182. The minimum atomic E-state index is -4.46. The number of hydrogen-bond acceptors (Lipinski definition) is 5. The number of ether oxygens (including phenoxy) is 2. The molecule has 1 N–H and O–H groups in total. The highest BCUT2D eigenvalue weighted by Gasteiger charge is 2.30. The van der Waals surface area contributed by atoms with Gasteiger partial charge in [-0.15, -0.1) is 0 Å². The van der Waals surface area contributed by atoms with Crippen LogP contribution in [-0.4, -0.2) is 40.5 Å². The number of carbonyl (C=O) groups is 1. The Hall–Kier alpha value is -4.18. The van der Waals surface area contributed by atoms with E-state index in [2.05, 4.69) is 15.4 Å². The van der Waals surface area contributed by atoms with Gasteiger partial charge < -0.3 is 14.8 Å². The summed E-state index contributed by atoms with van der Waals surface area (Å²) in [7, 11) is 0. The average molecular weight is 537 g/mol. The summed E-state index contributed by atoms with van der Waals surface area (Å²) in [6, 6.07) is 12.1. The lowest BCUT2D eigenvalue weighted by Crippen LogP contribution is -2.15. The van der Waals surface area contributed by atoms with Crippen LogP contribution in [0.5, 0.6) is 5.75 Å². The quantitative estimate of drug-likeness (QED) is 0.305. The van der Waals surface area contributed by atoms with Crippen LogP contribution in [0.1, 0.15) is 23.1 Å². The molecule has 1 fully saturated rings. The Morgan fingerprint density at radius 3 is 2.79 bits per heavy atom. The summed E-state index contributed by atoms with van der Waals surface area (Å²) < 4.78 is 52.0. The second kappa shape index (κ2) is 11.3. The lowest BCUT2D eigenvalue weighted by Gasteiger charge is -2.12. The first kappa shape index (κ1) is 26.4. The van der Waals surface area contributed by atoms with Crippen molar-refractivity contribution in [3.8, 4) is 22.6 Å². The number of alkyl halides is 3. The van der Waals surface area contributed by atoms with Crippen molar-refractivity contribution < 1.29 is 27.4 Å². The Morgan fingerprint density at radius 1 is 1.13 bits per heavy atom. The molecule has 0 bridgehead atoms. The van der Waals surface area contributed by atoms with Crippen molar-refractivity contribution in [2.24, 2.45) is 5.92 Å². The Labute approximate surface area is 223 Å². The van der Waals surface area contributed by atoms with Crippen molar-refractivity contribution in [3.05, 3.63) is 90.0 Å². The first-order valence-corrected chi connectivity index (χ1v) is 12.5. The maximum Gasteiger partial charge on any atom is 0.416 e. The lowest BCUT2D eigenvalue weighted by atomic mass is 10.1. The Morgan fingerprint density at radius 2 is 2.00 bits per heavy atom. The zero-order valence-electron chi connectivity index (χ0n) is 21.2. The van der Waals surface area contributed by atoms with Gasteiger partial charge in [0, 0.05) is 41.7 Å². The van der Waals surface area contributed by atoms with Crippen LogP contribution in [0.3, 0.4) is 0 Å². The fourth-order valence-corrected chi connectivity index (χ4v) is 4.37. The predicted octanol–water partition coefficient (Wildman–Crippen LogP) is 5.86. The number of rotatable bonds is 8. The molecule has 3 heterocycles. The molecule has 10 heteroatoms. The molecule has 2 aromatic carbocycles. The van der Waals surface area contributed by atoms with Crippen molar-refractivity contribution in [3.63, 3.8) is 0 Å².